The molecule has 0 bridgehead atoms. The first-order valence-electron chi connectivity index (χ1n) is 10.3. The van der Waals surface area contributed by atoms with Crippen molar-refractivity contribution in [1.29, 1.82) is 0 Å². The number of hydrogen-bond donors (Lipinski definition) is 3. The number of hydrazine groups is 1. The third kappa shape index (κ3) is 5.15. The number of carbonyl (C=O) groups excluding carboxylic acids is 2. The number of rotatable bonds is 5. The minimum atomic E-state index is -3.61. The van der Waals surface area contributed by atoms with Crippen LogP contribution in [0, 0.1) is 5.92 Å². The Morgan fingerprint density at radius 1 is 1.00 bits per heavy atom. The van der Waals surface area contributed by atoms with E-state index < -0.39 is 15.9 Å². The van der Waals surface area contributed by atoms with Gasteiger partial charge in [0, 0.05) is 37.4 Å². The van der Waals surface area contributed by atoms with Gasteiger partial charge >= 0.3 is 0 Å². The number of likely N-dealkylation sites (tertiary alicyclic amines) is 1. The van der Waals surface area contributed by atoms with Crippen LogP contribution in [0.15, 0.2) is 29.2 Å². The Balaban J connectivity index is 1.59. The third-order valence-corrected chi connectivity index (χ3v) is 8.07. The topological polar surface area (TPSA) is 100 Å². The number of sulfonamides is 1. The quantitative estimate of drug-likeness (QED) is 0.578. The summed E-state index contributed by atoms with van der Waals surface area (Å²) in [6.07, 6.45) is 5.44. The molecule has 1 aliphatic carbocycles. The van der Waals surface area contributed by atoms with Crippen LogP contribution >= 0.6 is 0 Å². The van der Waals surface area contributed by atoms with Gasteiger partial charge in [0.15, 0.2) is 0 Å². The molecule has 1 aromatic rings. The Kier molecular flexibility index (Phi) is 6.92. The van der Waals surface area contributed by atoms with Gasteiger partial charge in [-0.3, -0.25) is 20.4 Å². The Labute approximate surface area is 172 Å². The summed E-state index contributed by atoms with van der Waals surface area (Å²) < 4.78 is 27.3. The first-order valence-corrected chi connectivity index (χ1v) is 11.7. The van der Waals surface area contributed by atoms with E-state index in [0.29, 0.717) is 5.56 Å². The van der Waals surface area contributed by atoms with Crippen LogP contribution in [0.2, 0.25) is 0 Å². The molecule has 1 aliphatic heterocycles. The number of nitrogens with zero attached hydrogens (tertiary/aromatic N) is 1. The highest BCUT2D eigenvalue weighted by molar-refractivity contribution is 7.89. The molecule has 1 saturated heterocycles. The molecule has 3 N–H and O–H groups in total. The van der Waals surface area contributed by atoms with Gasteiger partial charge < -0.3 is 4.90 Å². The van der Waals surface area contributed by atoms with Crippen LogP contribution in [-0.4, -0.2) is 57.8 Å². The van der Waals surface area contributed by atoms with Crippen molar-refractivity contribution >= 4 is 21.8 Å². The predicted octanol–water partition coefficient (Wildman–Crippen LogP) is -0.0646. The van der Waals surface area contributed by atoms with Crippen molar-refractivity contribution in [2.24, 2.45) is 5.92 Å². The summed E-state index contributed by atoms with van der Waals surface area (Å²) in [5, 5.41) is 0. The van der Waals surface area contributed by atoms with E-state index in [2.05, 4.69) is 17.9 Å². The van der Waals surface area contributed by atoms with Gasteiger partial charge in [0.05, 0.1) is 25.0 Å². The largest absolute Gasteiger partial charge is 0.337 e. The van der Waals surface area contributed by atoms with E-state index in [9.17, 15) is 18.0 Å². The fourth-order valence-electron chi connectivity index (χ4n) is 4.08. The number of hydrogen-bond acceptors (Lipinski definition) is 4. The maximum absolute atomic E-state index is 12.9. The third-order valence-electron chi connectivity index (χ3n) is 6.14. The van der Waals surface area contributed by atoms with Gasteiger partial charge in [-0.05, 0) is 37.1 Å². The number of carbonyl (C=O) groups is 2. The monoisotopic (exact) mass is 423 g/mol. The van der Waals surface area contributed by atoms with Gasteiger partial charge in [0.25, 0.3) is 5.91 Å². The fourth-order valence-corrected chi connectivity index (χ4v) is 5.50. The van der Waals surface area contributed by atoms with Gasteiger partial charge in [-0.25, -0.2) is 8.42 Å². The van der Waals surface area contributed by atoms with Crippen LogP contribution < -0.4 is 15.8 Å². The van der Waals surface area contributed by atoms with Crippen molar-refractivity contribution in [1.82, 2.24) is 15.2 Å². The van der Waals surface area contributed by atoms with E-state index in [-0.39, 0.29) is 22.8 Å². The summed E-state index contributed by atoms with van der Waals surface area (Å²) >= 11 is 0. The molecule has 0 radical (unpaired) electrons. The van der Waals surface area contributed by atoms with Crippen LogP contribution in [0.5, 0.6) is 0 Å². The highest BCUT2D eigenvalue weighted by Gasteiger charge is 2.31. The average molecular weight is 424 g/mol. The second-order valence-corrected chi connectivity index (χ2v) is 10.2. The van der Waals surface area contributed by atoms with E-state index in [1.165, 1.54) is 33.5 Å². The first-order chi connectivity index (χ1) is 13.8. The number of amides is 2. The van der Waals surface area contributed by atoms with Gasteiger partial charge in [-0.2, -0.15) is 4.31 Å². The maximum atomic E-state index is 12.9. The van der Waals surface area contributed by atoms with Gasteiger partial charge in [0.2, 0.25) is 15.9 Å². The maximum Gasteiger partial charge on any atom is 0.269 e. The molecule has 2 aliphatic rings. The lowest BCUT2D eigenvalue weighted by atomic mass is 10.1. The Hall–Kier alpha value is -1.97. The molecule has 2 fully saturated rings. The molecule has 2 amide bonds. The molecule has 160 valence electrons. The van der Waals surface area contributed by atoms with Crippen molar-refractivity contribution in [2.75, 3.05) is 27.2 Å². The molecule has 0 spiro atoms. The first kappa shape index (κ1) is 21.7. The lowest BCUT2D eigenvalue weighted by Gasteiger charge is -2.32. The molecule has 0 atom stereocenters. The fraction of sp³-hybridized carbons (Fsp3) is 0.600. The number of benzene rings is 1. The van der Waals surface area contributed by atoms with Crippen molar-refractivity contribution in [3.05, 3.63) is 29.8 Å². The zero-order valence-electron chi connectivity index (χ0n) is 17.1. The van der Waals surface area contributed by atoms with E-state index >= 15 is 0 Å². The predicted molar refractivity (Wildman–Crippen MR) is 109 cm³/mol. The average Bonchev–Trinajstić information content (AvgIpc) is 3.27. The molecule has 8 nitrogen and oxygen atoms in total. The lowest BCUT2D eigenvalue weighted by molar-refractivity contribution is -0.885. The molecule has 1 aromatic carbocycles. The zero-order valence-corrected chi connectivity index (χ0v) is 17.9. The summed E-state index contributed by atoms with van der Waals surface area (Å²) in [5.74, 6) is -0.678. The summed E-state index contributed by atoms with van der Waals surface area (Å²) in [6.45, 7) is 1.91. The van der Waals surface area contributed by atoms with Crippen molar-refractivity contribution in [3.8, 4) is 0 Å². The molecular weight excluding hydrogens is 392 g/mol. The smallest absolute Gasteiger partial charge is 0.269 e. The van der Waals surface area contributed by atoms with Gasteiger partial charge in [-0.1, -0.05) is 12.8 Å². The number of nitrogens with one attached hydrogen (secondary N) is 3. The molecule has 3 rings (SSSR count). The van der Waals surface area contributed by atoms with Crippen LogP contribution in [0.1, 0.15) is 48.9 Å². The van der Waals surface area contributed by atoms with Crippen LogP contribution in [0.4, 0.5) is 0 Å². The molecule has 29 heavy (non-hydrogen) atoms. The van der Waals surface area contributed by atoms with E-state index in [0.717, 1.165) is 51.6 Å². The van der Waals surface area contributed by atoms with Crippen molar-refractivity contribution in [2.45, 2.75) is 49.5 Å². The molecule has 9 heteroatoms. The lowest BCUT2D eigenvalue weighted by Crippen LogP contribution is -3.10. The highest BCUT2D eigenvalue weighted by atomic mass is 32.2. The number of piperidine rings is 1. The van der Waals surface area contributed by atoms with Crippen molar-refractivity contribution in [3.63, 3.8) is 0 Å². The summed E-state index contributed by atoms with van der Waals surface area (Å²) in [7, 11) is 0.128. The molecule has 0 unspecified atom stereocenters. The Morgan fingerprint density at radius 2 is 1.59 bits per heavy atom. The Bertz CT molecular complexity index is 827. The van der Waals surface area contributed by atoms with Gasteiger partial charge in [0.1, 0.15) is 0 Å². The minimum absolute atomic E-state index is 0.00234. The van der Waals surface area contributed by atoms with E-state index in [1.807, 2.05) is 0 Å². The SMILES string of the molecule is CN(C1CC[NH+](C)CC1)S(=O)(=O)c1ccc(C(=O)NNC(=O)C2CCCC2)cc1. The molecule has 1 saturated carbocycles. The van der Waals surface area contributed by atoms with Gasteiger partial charge in [-0.15, -0.1) is 0 Å². The second-order valence-electron chi connectivity index (χ2n) is 8.16. The second kappa shape index (κ2) is 9.23. The zero-order chi connectivity index (χ0) is 21.0. The van der Waals surface area contributed by atoms with Crippen LogP contribution in [-0.2, 0) is 14.8 Å². The van der Waals surface area contributed by atoms with E-state index in [1.54, 1.807) is 7.05 Å². The van der Waals surface area contributed by atoms with Crippen molar-refractivity contribution < 1.29 is 22.9 Å². The molecule has 0 aromatic heterocycles. The molecule has 1 heterocycles. The van der Waals surface area contributed by atoms with Crippen LogP contribution in [0.3, 0.4) is 0 Å². The number of quaternary nitrogens is 1. The summed E-state index contributed by atoms with van der Waals surface area (Å²) in [4.78, 5) is 25.8. The standard InChI is InChI=1S/C20H30N4O4S/c1-23-13-11-17(12-14-23)24(2)29(27,28)18-9-7-16(8-10-18)20(26)22-21-19(25)15-5-3-4-6-15/h7-10,15,17H,3-6,11-14H2,1-2H3,(H,21,25)(H,22,26)/p+1. The normalized spacial score (nSPS) is 23.1. The Morgan fingerprint density at radius 3 is 2.17 bits per heavy atom. The highest BCUT2D eigenvalue weighted by Crippen LogP contribution is 2.24. The molecular formula is C20H31N4O4S+. The summed E-state index contributed by atoms with van der Waals surface area (Å²) in [6, 6.07) is 5.82. The minimum Gasteiger partial charge on any atom is -0.337 e. The summed E-state index contributed by atoms with van der Waals surface area (Å²) in [5.41, 5.74) is 5.17. The van der Waals surface area contributed by atoms with E-state index in [4.69, 9.17) is 0 Å². The van der Waals surface area contributed by atoms with Crippen LogP contribution in [0.25, 0.3) is 0 Å².